The molecule has 0 saturated heterocycles. The highest BCUT2D eigenvalue weighted by molar-refractivity contribution is 5.83. The Balaban J connectivity index is 2.36. The van der Waals surface area contributed by atoms with Gasteiger partial charge in [0.1, 0.15) is 5.78 Å². The van der Waals surface area contributed by atoms with Gasteiger partial charge in [0.2, 0.25) is 0 Å². The van der Waals surface area contributed by atoms with E-state index in [1.54, 1.807) is 13.3 Å². The Morgan fingerprint density at radius 3 is 2.68 bits per heavy atom. The van der Waals surface area contributed by atoms with Gasteiger partial charge in [-0.15, -0.1) is 0 Å². The molecule has 0 amide bonds. The topological polar surface area (TPSA) is 44.1 Å². The van der Waals surface area contributed by atoms with E-state index < -0.39 is 0 Å². The first-order valence-corrected chi connectivity index (χ1v) is 6.97. The number of methoxy groups -OCH3 is 1. The van der Waals surface area contributed by atoms with Crippen LogP contribution in [0, 0.1) is 11.8 Å². The lowest BCUT2D eigenvalue weighted by Gasteiger charge is -2.37. The molecule has 1 saturated carbocycles. The molecule has 0 aromatic carbocycles. The highest BCUT2D eigenvalue weighted by atomic mass is 16.5. The van der Waals surface area contributed by atoms with Gasteiger partial charge in [0.15, 0.2) is 5.75 Å². The minimum Gasteiger partial charge on any atom is -0.493 e. The Morgan fingerprint density at radius 2 is 2.11 bits per heavy atom. The molecule has 1 aliphatic rings. The van der Waals surface area contributed by atoms with E-state index in [2.05, 4.69) is 25.9 Å². The van der Waals surface area contributed by atoms with Gasteiger partial charge in [-0.25, -0.2) is 0 Å². The van der Waals surface area contributed by atoms with Crippen LogP contribution in [0.2, 0.25) is 0 Å². The lowest BCUT2D eigenvalue weighted by Crippen LogP contribution is -2.39. The van der Waals surface area contributed by atoms with Crippen molar-refractivity contribution in [1.82, 2.24) is 9.78 Å². The van der Waals surface area contributed by atoms with Gasteiger partial charge in [-0.1, -0.05) is 20.8 Å². The summed E-state index contributed by atoms with van der Waals surface area (Å²) in [5.41, 5.74) is 0.774. The van der Waals surface area contributed by atoms with Crippen LogP contribution in [0.1, 0.15) is 45.7 Å². The summed E-state index contributed by atoms with van der Waals surface area (Å²) in [6.45, 7) is 6.42. The molecule has 19 heavy (non-hydrogen) atoms. The van der Waals surface area contributed by atoms with Crippen LogP contribution < -0.4 is 4.74 Å². The number of carbonyl (C=O) groups excluding carboxylic acids is 1. The second kappa shape index (κ2) is 4.99. The normalized spacial score (nSPS) is 24.6. The van der Waals surface area contributed by atoms with Crippen LogP contribution in [0.5, 0.6) is 5.75 Å². The third-order valence-corrected chi connectivity index (χ3v) is 4.49. The highest BCUT2D eigenvalue weighted by Crippen LogP contribution is 2.43. The first-order chi connectivity index (χ1) is 8.87. The Morgan fingerprint density at radius 1 is 1.42 bits per heavy atom. The maximum atomic E-state index is 12.4. The van der Waals surface area contributed by atoms with Gasteiger partial charge in [-0.2, -0.15) is 5.10 Å². The standard InChI is InChI=1S/C15H24N2O2/c1-10-6-7-11(12(18)8-10)15(2,3)14-13(19-5)9-16-17(14)4/h9-11H,6-8H2,1-5H3. The Bertz CT molecular complexity index is 476. The van der Waals surface area contributed by atoms with Crippen molar-refractivity contribution in [3.05, 3.63) is 11.9 Å². The predicted molar refractivity (Wildman–Crippen MR) is 74.3 cm³/mol. The largest absolute Gasteiger partial charge is 0.493 e. The van der Waals surface area contributed by atoms with Crippen molar-refractivity contribution in [3.8, 4) is 5.75 Å². The number of hydrogen-bond donors (Lipinski definition) is 0. The summed E-state index contributed by atoms with van der Waals surface area (Å²) >= 11 is 0. The zero-order chi connectivity index (χ0) is 14.2. The number of rotatable bonds is 3. The molecule has 0 N–H and O–H groups in total. The van der Waals surface area contributed by atoms with E-state index in [4.69, 9.17) is 4.74 Å². The summed E-state index contributed by atoms with van der Waals surface area (Å²) in [4.78, 5) is 12.4. The average molecular weight is 264 g/mol. The van der Waals surface area contributed by atoms with Crippen molar-refractivity contribution in [1.29, 1.82) is 0 Å². The number of Topliss-reactive ketones (excluding diaryl/α,β-unsaturated/α-hetero) is 1. The molecule has 2 atom stereocenters. The zero-order valence-corrected chi connectivity index (χ0v) is 12.6. The molecular weight excluding hydrogens is 240 g/mol. The zero-order valence-electron chi connectivity index (χ0n) is 12.6. The highest BCUT2D eigenvalue weighted by Gasteiger charge is 2.42. The third-order valence-electron chi connectivity index (χ3n) is 4.49. The van der Waals surface area contributed by atoms with Gasteiger partial charge in [-0.3, -0.25) is 9.48 Å². The molecule has 1 aromatic heterocycles. The number of aromatic nitrogens is 2. The van der Waals surface area contributed by atoms with Crippen molar-refractivity contribution in [2.75, 3.05) is 7.11 Å². The van der Waals surface area contributed by atoms with Crippen molar-refractivity contribution in [2.24, 2.45) is 18.9 Å². The molecule has 0 radical (unpaired) electrons. The Hall–Kier alpha value is -1.32. The number of aryl methyl sites for hydroxylation is 1. The number of hydrogen-bond acceptors (Lipinski definition) is 3. The molecule has 4 heteroatoms. The van der Waals surface area contributed by atoms with E-state index >= 15 is 0 Å². The van der Waals surface area contributed by atoms with Crippen LogP contribution in [0.4, 0.5) is 0 Å². The van der Waals surface area contributed by atoms with Gasteiger partial charge in [0.05, 0.1) is 19.0 Å². The molecule has 106 valence electrons. The molecule has 1 aromatic rings. The number of nitrogens with zero attached hydrogens (tertiary/aromatic N) is 2. The van der Waals surface area contributed by atoms with Crippen molar-refractivity contribution >= 4 is 5.78 Å². The van der Waals surface area contributed by atoms with Crippen LogP contribution in [-0.2, 0) is 17.3 Å². The van der Waals surface area contributed by atoms with Crippen molar-refractivity contribution < 1.29 is 9.53 Å². The molecular formula is C15H24N2O2. The average Bonchev–Trinajstić information content (AvgIpc) is 2.70. The summed E-state index contributed by atoms with van der Waals surface area (Å²) < 4.78 is 7.24. The van der Waals surface area contributed by atoms with Crippen molar-refractivity contribution in [3.63, 3.8) is 0 Å². The second-order valence-corrected chi connectivity index (χ2v) is 6.31. The monoisotopic (exact) mass is 264 g/mol. The lowest BCUT2D eigenvalue weighted by atomic mass is 9.66. The van der Waals surface area contributed by atoms with E-state index in [9.17, 15) is 4.79 Å². The minimum absolute atomic E-state index is 0.0630. The van der Waals surface area contributed by atoms with E-state index in [0.29, 0.717) is 18.1 Å². The SMILES string of the molecule is COc1cnn(C)c1C(C)(C)C1CCC(C)CC1=O. The molecule has 0 aliphatic heterocycles. The van der Waals surface area contributed by atoms with Crippen LogP contribution in [0.15, 0.2) is 6.20 Å². The number of carbonyl (C=O) groups is 1. The van der Waals surface area contributed by atoms with Gasteiger partial charge >= 0.3 is 0 Å². The fourth-order valence-corrected chi connectivity index (χ4v) is 3.43. The van der Waals surface area contributed by atoms with Crippen LogP contribution in [-0.4, -0.2) is 22.7 Å². The van der Waals surface area contributed by atoms with Gasteiger partial charge in [0.25, 0.3) is 0 Å². The fourth-order valence-electron chi connectivity index (χ4n) is 3.43. The summed E-state index contributed by atoms with van der Waals surface area (Å²) in [7, 11) is 3.57. The van der Waals surface area contributed by atoms with Gasteiger partial charge < -0.3 is 4.74 Å². The predicted octanol–water partition coefficient (Wildman–Crippen LogP) is 2.71. The third kappa shape index (κ3) is 2.40. The van der Waals surface area contributed by atoms with Gasteiger partial charge in [-0.05, 0) is 18.8 Å². The van der Waals surface area contributed by atoms with E-state index in [0.717, 1.165) is 24.3 Å². The number of ketones is 1. The molecule has 2 rings (SSSR count). The summed E-state index contributed by atoms with van der Waals surface area (Å²) in [5, 5.41) is 4.27. The smallest absolute Gasteiger partial charge is 0.160 e. The molecule has 4 nitrogen and oxygen atoms in total. The quantitative estimate of drug-likeness (QED) is 0.843. The van der Waals surface area contributed by atoms with Crippen LogP contribution >= 0.6 is 0 Å². The molecule has 0 spiro atoms. The molecule has 1 aliphatic carbocycles. The molecule has 1 heterocycles. The van der Waals surface area contributed by atoms with E-state index in [1.807, 2.05) is 11.7 Å². The fraction of sp³-hybridized carbons (Fsp3) is 0.733. The van der Waals surface area contributed by atoms with E-state index in [1.165, 1.54) is 0 Å². The maximum absolute atomic E-state index is 12.4. The number of ether oxygens (including phenoxy) is 1. The Kier molecular flexibility index (Phi) is 3.70. The first kappa shape index (κ1) is 14.1. The summed E-state index contributed by atoms with van der Waals surface area (Å²) in [6.07, 6.45) is 4.52. The van der Waals surface area contributed by atoms with Crippen molar-refractivity contribution in [2.45, 2.75) is 45.4 Å². The molecule has 2 unspecified atom stereocenters. The van der Waals surface area contributed by atoms with Crippen LogP contribution in [0.3, 0.4) is 0 Å². The van der Waals surface area contributed by atoms with Crippen LogP contribution in [0.25, 0.3) is 0 Å². The van der Waals surface area contributed by atoms with Gasteiger partial charge in [0, 0.05) is 24.8 Å². The summed E-state index contributed by atoms with van der Waals surface area (Å²) in [6, 6.07) is 0. The lowest BCUT2D eigenvalue weighted by molar-refractivity contribution is -0.128. The van der Waals surface area contributed by atoms with E-state index in [-0.39, 0.29) is 11.3 Å². The first-order valence-electron chi connectivity index (χ1n) is 6.97. The minimum atomic E-state index is -0.242. The molecule has 1 fully saturated rings. The summed E-state index contributed by atoms with van der Waals surface area (Å²) in [5.74, 6) is 1.74. The maximum Gasteiger partial charge on any atom is 0.160 e. The second-order valence-electron chi connectivity index (χ2n) is 6.31. The Labute approximate surface area is 115 Å². The molecule has 0 bridgehead atoms.